The van der Waals surface area contributed by atoms with Crippen LogP contribution in [0.25, 0.3) is 0 Å². The number of ether oxygens (including phenoxy) is 7. The Morgan fingerprint density at radius 3 is 0.869 bits per heavy atom. The average Bonchev–Trinajstić information content (AvgIpc) is 3.27. The second kappa shape index (κ2) is 51.8. The number of unbranched alkanes of at least 4 members (excludes halogenated alkanes) is 24. The van der Waals surface area contributed by atoms with Crippen molar-refractivity contribution in [3.8, 4) is 0 Å². The largest absolute Gasteiger partial charge is 0.353 e. The molecule has 0 amide bonds. The highest BCUT2D eigenvalue weighted by Crippen LogP contribution is 2.17. The second-order valence-electron chi connectivity index (χ2n) is 17.5. The summed E-state index contributed by atoms with van der Waals surface area (Å²) in [6.45, 7) is 18.1. The molecule has 0 aromatic heterocycles. The van der Waals surface area contributed by atoms with Crippen molar-refractivity contribution in [1.82, 2.24) is 0 Å². The van der Waals surface area contributed by atoms with Gasteiger partial charge >= 0.3 is 0 Å². The maximum absolute atomic E-state index is 6.42. The molecule has 0 fully saturated rings. The summed E-state index contributed by atoms with van der Waals surface area (Å²) in [5.41, 5.74) is 0. The zero-order chi connectivity index (χ0) is 44.4. The maximum Gasteiger partial charge on any atom is 0.180 e. The minimum Gasteiger partial charge on any atom is -0.353 e. The summed E-state index contributed by atoms with van der Waals surface area (Å²) in [4.78, 5) is 0. The Morgan fingerprint density at radius 1 is 0.279 bits per heavy atom. The first kappa shape index (κ1) is 60.2. The van der Waals surface area contributed by atoms with Gasteiger partial charge in [-0.15, -0.1) is 0 Å². The molecule has 2 atom stereocenters. The van der Waals surface area contributed by atoms with Crippen molar-refractivity contribution in [2.24, 2.45) is 0 Å². The van der Waals surface area contributed by atoms with Gasteiger partial charge in [0.1, 0.15) is 0 Å². The highest BCUT2D eigenvalue weighted by atomic mass is 16.8. The van der Waals surface area contributed by atoms with Gasteiger partial charge in [-0.05, 0) is 102 Å². The highest BCUT2D eigenvalue weighted by Gasteiger charge is 2.14. The zero-order valence-electron chi connectivity index (χ0n) is 41.8. The smallest absolute Gasteiger partial charge is 0.180 e. The predicted molar refractivity (Wildman–Crippen MR) is 261 cm³/mol. The van der Waals surface area contributed by atoms with Gasteiger partial charge < -0.3 is 33.2 Å². The fourth-order valence-electron chi connectivity index (χ4n) is 7.13. The lowest BCUT2D eigenvalue weighted by Gasteiger charge is -2.21. The normalized spacial score (nSPS) is 13.2. The number of allylic oxidation sites excluding steroid dienone is 2. The first-order chi connectivity index (χ1) is 30.1. The standard InChI is InChI=1S/C54H106O7/c1-7-13-37-47-55-51(56-48-38-14-8-2)41-33-29-25-21-19-23-27-31-35-43-53(59-45-17-11-5)61-54(60-46-18-12-6)44-36-32-28-24-20-22-26-30-34-42-52(57-49-39-15-9-3)58-50-40-16-10-4/h35-36,43-44,51-54H,7-34,37-42,45-50H2,1-6H3. The molecule has 0 aromatic carbocycles. The molecule has 364 valence electrons. The molecule has 0 rings (SSSR count). The Kier molecular flexibility index (Phi) is 51.2. The monoisotopic (exact) mass is 867 g/mol. The van der Waals surface area contributed by atoms with Crippen LogP contribution in [-0.2, 0) is 33.2 Å². The van der Waals surface area contributed by atoms with Gasteiger partial charge in [0.05, 0.1) is 13.2 Å². The van der Waals surface area contributed by atoms with E-state index in [0.29, 0.717) is 13.2 Å². The van der Waals surface area contributed by atoms with E-state index in [-0.39, 0.29) is 25.2 Å². The van der Waals surface area contributed by atoms with E-state index in [1.807, 2.05) is 0 Å². The van der Waals surface area contributed by atoms with Crippen LogP contribution < -0.4 is 0 Å². The quantitative estimate of drug-likeness (QED) is 0.0343. The number of rotatable bonds is 52. The molecule has 7 heteroatoms. The summed E-state index contributed by atoms with van der Waals surface area (Å²) in [6.07, 6.45) is 48.5. The van der Waals surface area contributed by atoms with E-state index < -0.39 is 0 Å². The van der Waals surface area contributed by atoms with E-state index in [4.69, 9.17) is 33.2 Å². The Morgan fingerprint density at radius 2 is 0.557 bits per heavy atom. The maximum atomic E-state index is 6.42. The summed E-state index contributed by atoms with van der Waals surface area (Å²) >= 11 is 0. The molecule has 61 heavy (non-hydrogen) atoms. The molecule has 0 saturated carbocycles. The Labute approximate surface area is 380 Å². The van der Waals surface area contributed by atoms with Crippen LogP contribution >= 0.6 is 0 Å². The molecule has 0 spiro atoms. The van der Waals surface area contributed by atoms with Gasteiger partial charge in [0.2, 0.25) is 0 Å². The first-order valence-electron chi connectivity index (χ1n) is 26.8. The van der Waals surface area contributed by atoms with E-state index in [0.717, 1.165) is 103 Å². The van der Waals surface area contributed by atoms with Crippen LogP contribution in [0.5, 0.6) is 0 Å². The van der Waals surface area contributed by atoms with Gasteiger partial charge in [0, 0.05) is 26.4 Å². The van der Waals surface area contributed by atoms with Gasteiger partial charge in [0.25, 0.3) is 0 Å². The summed E-state index contributed by atoms with van der Waals surface area (Å²) < 4.78 is 43.2. The van der Waals surface area contributed by atoms with E-state index in [1.54, 1.807) is 0 Å². The molecule has 0 saturated heterocycles. The topological polar surface area (TPSA) is 64.6 Å². The molecule has 0 N–H and O–H groups in total. The van der Waals surface area contributed by atoms with Crippen molar-refractivity contribution in [1.29, 1.82) is 0 Å². The average molecular weight is 867 g/mol. The van der Waals surface area contributed by atoms with Crippen LogP contribution in [0.2, 0.25) is 0 Å². The molecular formula is C54H106O7. The van der Waals surface area contributed by atoms with Crippen molar-refractivity contribution in [3.63, 3.8) is 0 Å². The van der Waals surface area contributed by atoms with Gasteiger partial charge in [-0.1, -0.05) is 182 Å². The summed E-state index contributed by atoms with van der Waals surface area (Å²) in [7, 11) is 0. The Balaban J connectivity index is 4.50. The van der Waals surface area contributed by atoms with Crippen LogP contribution in [0.15, 0.2) is 24.3 Å². The molecule has 0 aliphatic carbocycles. The van der Waals surface area contributed by atoms with Gasteiger partial charge in [-0.3, -0.25) is 0 Å². The molecule has 0 aliphatic heterocycles. The summed E-state index contributed by atoms with van der Waals surface area (Å²) in [5, 5.41) is 0. The molecule has 0 bridgehead atoms. The van der Waals surface area contributed by atoms with Gasteiger partial charge in [-0.2, -0.15) is 0 Å². The van der Waals surface area contributed by atoms with Crippen molar-refractivity contribution in [2.45, 2.75) is 285 Å². The molecule has 2 unspecified atom stereocenters. The lowest BCUT2D eigenvalue weighted by Crippen LogP contribution is -2.25. The minimum absolute atomic E-state index is 0.0136. The molecule has 0 aromatic rings. The fourth-order valence-corrected chi connectivity index (χ4v) is 7.13. The molecule has 0 aliphatic rings. The van der Waals surface area contributed by atoms with Crippen molar-refractivity contribution in [3.05, 3.63) is 24.3 Å². The summed E-state index contributed by atoms with van der Waals surface area (Å²) in [6, 6.07) is 0. The van der Waals surface area contributed by atoms with Crippen molar-refractivity contribution in [2.75, 3.05) is 39.6 Å². The van der Waals surface area contributed by atoms with Crippen molar-refractivity contribution >= 4 is 0 Å². The van der Waals surface area contributed by atoms with E-state index in [9.17, 15) is 0 Å². The lowest BCUT2D eigenvalue weighted by atomic mass is 10.1. The van der Waals surface area contributed by atoms with Crippen LogP contribution in [0.1, 0.15) is 260 Å². The second-order valence-corrected chi connectivity index (χ2v) is 17.5. The highest BCUT2D eigenvalue weighted by molar-refractivity contribution is 4.90. The predicted octanol–water partition coefficient (Wildman–Crippen LogP) is 16.9. The Hall–Kier alpha value is -0.800. The van der Waals surface area contributed by atoms with Gasteiger partial charge in [0.15, 0.2) is 25.2 Å². The lowest BCUT2D eigenvalue weighted by molar-refractivity contribution is -0.208. The minimum atomic E-state index is -0.381. The third-order valence-electron chi connectivity index (χ3n) is 11.2. The third kappa shape index (κ3) is 45.6. The van der Waals surface area contributed by atoms with Crippen LogP contribution in [-0.4, -0.2) is 64.8 Å². The van der Waals surface area contributed by atoms with Crippen LogP contribution in [0.4, 0.5) is 0 Å². The zero-order valence-corrected chi connectivity index (χ0v) is 41.8. The fraction of sp³-hybridized carbons (Fsp3) is 0.926. The van der Waals surface area contributed by atoms with Crippen LogP contribution in [0.3, 0.4) is 0 Å². The first-order valence-corrected chi connectivity index (χ1v) is 26.8. The van der Waals surface area contributed by atoms with Crippen LogP contribution in [0, 0.1) is 0 Å². The SMILES string of the molecule is CCCCCOC(CCCCCCCCCC=CC(OCCCC)OC(C=CCCCCCCCCCC(OCCCCC)OCCCCC)OCCCC)OCCCCC. The van der Waals surface area contributed by atoms with Crippen molar-refractivity contribution < 1.29 is 33.2 Å². The summed E-state index contributed by atoms with van der Waals surface area (Å²) in [5.74, 6) is 0. The molecular weight excluding hydrogens is 761 g/mol. The number of hydrogen-bond donors (Lipinski definition) is 0. The van der Waals surface area contributed by atoms with E-state index in [2.05, 4.69) is 65.8 Å². The molecule has 0 radical (unpaired) electrons. The molecule has 7 nitrogen and oxygen atoms in total. The van der Waals surface area contributed by atoms with E-state index in [1.165, 1.54) is 141 Å². The van der Waals surface area contributed by atoms with E-state index >= 15 is 0 Å². The molecule has 0 heterocycles. The third-order valence-corrected chi connectivity index (χ3v) is 11.2. The number of hydrogen-bond acceptors (Lipinski definition) is 7. The van der Waals surface area contributed by atoms with Gasteiger partial charge in [-0.25, -0.2) is 0 Å². The Bertz CT molecular complexity index is 774.